The second kappa shape index (κ2) is 18.0. The average molecular weight is 719 g/mol. The van der Waals surface area contributed by atoms with Gasteiger partial charge in [0.05, 0.1) is 22.3 Å². The summed E-state index contributed by atoms with van der Waals surface area (Å²) in [5, 5.41) is 0. The molecular formula is C41H34O10S. The van der Waals surface area contributed by atoms with E-state index < -0.39 is 61.2 Å². The Hall–Kier alpha value is -5.75. The maximum atomic E-state index is 13.7. The van der Waals surface area contributed by atoms with E-state index in [1.807, 2.05) is 30.3 Å². The molecule has 1 fully saturated rings. The molecule has 0 N–H and O–H groups in total. The van der Waals surface area contributed by atoms with E-state index in [-0.39, 0.29) is 28.2 Å². The van der Waals surface area contributed by atoms with Crippen LogP contribution in [-0.2, 0) is 28.4 Å². The quantitative estimate of drug-likeness (QED) is 0.0541. The minimum atomic E-state index is -1.49. The molecule has 1 saturated heterocycles. The van der Waals surface area contributed by atoms with Crippen molar-refractivity contribution in [2.45, 2.75) is 35.6 Å². The van der Waals surface area contributed by atoms with Crippen LogP contribution in [0.15, 0.2) is 157 Å². The summed E-state index contributed by atoms with van der Waals surface area (Å²) in [4.78, 5) is 54.9. The number of thioether (sulfide) groups is 1. The third kappa shape index (κ3) is 9.52. The maximum Gasteiger partial charge on any atom is 0.338 e. The van der Waals surface area contributed by atoms with Gasteiger partial charge in [0.25, 0.3) is 0 Å². The van der Waals surface area contributed by atoms with E-state index in [1.165, 1.54) is 11.8 Å². The minimum Gasteiger partial charge on any atom is -0.459 e. The van der Waals surface area contributed by atoms with Crippen molar-refractivity contribution < 1.29 is 47.6 Å². The zero-order valence-corrected chi connectivity index (χ0v) is 28.5. The molecule has 1 aliphatic rings. The number of rotatable bonds is 13. The number of esters is 4. The molecule has 0 amide bonds. The minimum absolute atomic E-state index is 0.0262. The monoisotopic (exact) mass is 718 g/mol. The molecule has 0 saturated carbocycles. The molecule has 3 unspecified atom stereocenters. The van der Waals surface area contributed by atoms with E-state index in [2.05, 4.69) is 0 Å². The number of benzene rings is 5. The fraction of sp³-hybridized carbons (Fsp3) is 0.171. The van der Waals surface area contributed by atoms with Gasteiger partial charge < -0.3 is 28.4 Å². The van der Waals surface area contributed by atoms with Crippen molar-refractivity contribution in [3.05, 3.63) is 174 Å². The lowest BCUT2D eigenvalue weighted by Gasteiger charge is -2.44. The lowest BCUT2D eigenvalue weighted by Crippen LogP contribution is -2.63. The van der Waals surface area contributed by atoms with Crippen LogP contribution in [0.3, 0.4) is 0 Å². The number of carbonyl (C=O) groups is 4. The number of hydrogen-bond donors (Lipinski definition) is 0. The molecule has 5 atom stereocenters. The maximum absolute atomic E-state index is 13.7. The van der Waals surface area contributed by atoms with E-state index in [0.717, 1.165) is 4.90 Å². The highest BCUT2D eigenvalue weighted by Crippen LogP contribution is 2.33. The summed E-state index contributed by atoms with van der Waals surface area (Å²) in [5.41, 5.74) is 0.889. The largest absolute Gasteiger partial charge is 0.459 e. The van der Waals surface area contributed by atoms with Gasteiger partial charge in [0.15, 0.2) is 24.6 Å². The molecular weight excluding hydrogens is 685 g/mol. The lowest BCUT2D eigenvalue weighted by molar-refractivity contribution is -0.293. The van der Waals surface area contributed by atoms with E-state index >= 15 is 0 Å². The number of ether oxygens (including phenoxy) is 6. The third-order valence-corrected chi connectivity index (χ3v) is 8.80. The van der Waals surface area contributed by atoms with Gasteiger partial charge >= 0.3 is 23.9 Å². The molecule has 0 aromatic heterocycles. The summed E-state index contributed by atoms with van der Waals surface area (Å²) in [6, 6.07) is 42.4. The van der Waals surface area contributed by atoms with E-state index in [9.17, 15) is 19.2 Å². The normalized spacial score (nSPS) is 19.5. The number of hydrogen-bond acceptors (Lipinski definition) is 11. The van der Waals surface area contributed by atoms with E-state index in [1.54, 1.807) is 121 Å². The van der Waals surface area contributed by atoms with Crippen LogP contribution < -0.4 is 0 Å². The Balaban J connectivity index is 1.37. The summed E-state index contributed by atoms with van der Waals surface area (Å²) in [7, 11) is 0. The topological polar surface area (TPSA) is 124 Å². The molecule has 0 radical (unpaired) electrons. The molecule has 1 heterocycles. The Morgan fingerprint density at radius 1 is 0.481 bits per heavy atom. The molecule has 52 heavy (non-hydrogen) atoms. The van der Waals surface area contributed by atoms with Crippen LogP contribution in [0.4, 0.5) is 0 Å². The Labute approximate surface area is 304 Å². The first kappa shape index (κ1) is 36.1. The lowest BCUT2D eigenvalue weighted by atomic mass is 9.97. The van der Waals surface area contributed by atoms with Gasteiger partial charge in [-0.05, 0) is 60.7 Å². The highest BCUT2D eigenvalue weighted by molar-refractivity contribution is 7.99. The molecule has 11 heteroatoms. The van der Waals surface area contributed by atoms with Crippen molar-refractivity contribution in [2.24, 2.45) is 0 Å². The summed E-state index contributed by atoms with van der Waals surface area (Å²) < 4.78 is 36.4. The highest BCUT2D eigenvalue weighted by Gasteiger charge is 2.53. The molecule has 5 aromatic rings. The predicted molar refractivity (Wildman–Crippen MR) is 191 cm³/mol. The van der Waals surface area contributed by atoms with Crippen LogP contribution >= 0.6 is 11.8 Å². The zero-order chi connectivity index (χ0) is 36.1. The molecule has 0 bridgehead atoms. The van der Waals surface area contributed by atoms with Crippen molar-refractivity contribution in [1.82, 2.24) is 0 Å². The zero-order valence-electron chi connectivity index (χ0n) is 27.7. The second-order valence-corrected chi connectivity index (χ2v) is 12.5. The van der Waals surface area contributed by atoms with E-state index in [4.69, 9.17) is 28.4 Å². The standard InChI is InChI=1S/C41H34O10S/c42-37(28-16-6-1-7-17-28)46-26-33-34(49-38(43)29-18-8-2-9-19-29)35(50-39(44)30-20-10-3-11-21-30)36(51-40(45)31-22-12-4-13-23-31)41(48-33)47-27-52-32-24-14-5-15-25-32/h1-25,33-36,41H,26-27H2/t33?,34-,35?,36?,41-/m1/s1. The molecule has 0 aliphatic carbocycles. The molecule has 5 aromatic carbocycles. The van der Waals surface area contributed by atoms with Gasteiger partial charge in [0.1, 0.15) is 18.6 Å². The van der Waals surface area contributed by atoms with Crippen molar-refractivity contribution in [3.63, 3.8) is 0 Å². The van der Waals surface area contributed by atoms with Crippen molar-refractivity contribution in [2.75, 3.05) is 12.5 Å². The first-order valence-corrected chi connectivity index (χ1v) is 17.4. The van der Waals surface area contributed by atoms with Crippen LogP contribution in [0, 0.1) is 0 Å². The van der Waals surface area contributed by atoms with Gasteiger partial charge in [0, 0.05) is 4.90 Å². The fourth-order valence-corrected chi connectivity index (χ4v) is 6.04. The molecule has 0 spiro atoms. The van der Waals surface area contributed by atoms with Crippen LogP contribution in [0.2, 0.25) is 0 Å². The van der Waals surface area contributed by atoms with Crippen LogP contribution in [0.5, 0.6) is 0 Å². The van der Waals surface area contributed by atoms with Crippen LogP contribution in [-0.4, -0.2) is 67.1 Å². The van der Waals surface area contributed by atoms with Gasteiger partial charge in [-0.1, -0.05) is 103 Å². The highest BCUT2D eigenvalue weighted by atomic mass is 32.2. The summed E-state index contributed by atoms with van der Waals surface area (Å²) in [6.45, 7) is -0.440. The van der Waals surface area contributed by atoms with Gasteiger partial charge in [-0.3, -0.25) is 0 Å². The molecule has 10 nitrogen and oxygen atoms in total. The molecule has 6 rings (SSSR count). The third-order valence-electron chi connectivity index (χ3n) is 7.94. The Kier molecular flexibility index (Phi) is 12.4. The summed E-state index contributed by atoms with van der Waals surface area (Å²) in [6.07, 6.45) is -7.00. The van der Waals surface area contributed by atoms with Gasteiger partial charge in [-0.2, -0.15) is 0 Å². The SMILES string of the molecule is O=C(OCC1O[C@@H](OCSc2ccccc2)C(OC(=O)c2ccccc2)C(OC(=O)c2ccccc2)[C@@H]1OC(=O)c1ccccc1)c1ccccc1. The van der Waals surface area contributed by atoms with Crippen LogP contribution in [0.25, 0.3) is 0 Å². The Morgan fingerprint density at radius 2 is 0.865 bits per heavy atom. The summed E-state index contributed by atoms with van der Waals surface area (Å²) in [5.74, 6) is -2.96. The van der Waals surface area contributed by atoms with Crippen molar-refractivity contribution >= 4 is 35.6 Å². The molecule has 1 aliphatic heterocycles. The predicted octanol–water partition coefficient (Wildman–Crippen LogP) is 7.01. The summed E-state index contributed by atoms with van der Waals surface area (Å²) >= 11 is 1.35. The first-order valence-electron chi connectivity index (χ1n) is 16.4. The number of carbonyl (C=O) groups excluding carboxylic acids is 4. The van der Waals surface area contributed by atoms with Gasteiger partial charge in [-0.25, -0.2) is 19.2 Å². The fourth-order valence-electron chi connectivity index (χ4n) is 5.35. The molecule has 264 valence electrons. The second-order valence-electron chi connectivity index (χ2n) is 11.5. The van der Waals surface area contributed by atoms with Crippen molar-refractivity contribution in [3.8, 4) is 0 Å². The first-order chi connectivity index (χ1) is 25.5. The van der Waals surface area contributed by atoms with E-state index in [0.29, 0.717) is 0 Å². The smallest absolute Gasteiger partial charge is 0.338 e. The Bertz CT molecular complexity index is 1910. The van der Waals surface area contributed by atoms with Gasteiger partial charge in [0.2, 0.25) is 0 Å². The average Bonchev–Trinajstić information content (AvgIpc) is 3.20. The van der Waals surface area contributed by atoms with Gasteiger partial charge in [-0.15, -0.1) is 0 Å². The Morgan fingerprint density at radius 3 is 1.33 bits per heavy atom. The van der Waals surface area contributed by atoms with Crippen molar-refractivity contribution in [1.29, 1.82) is 0 Å². The van der Waals surface area contributed by atoms with Crippen LogP contribution in [0.1, 0.15) is 41.4 Å².